The van der Waals surface area contributed by atoms with Gasteiger partial charge in [0.05, 0.1) is 6.54 Å². The normalized spacial score (nSPS) is 24.8. The summed E-state index contributed by atoms with van der Waals surface area (Å²) in [5.74, 6) is 0.454. The lowest BCUT2D eigenvalue weighted by atomic mass is 9.57. The van der Waals surface area contributed by atoms with Crippen molar-refractivity contribution in [2.75, 3.05) is 6.54 Å². The Morgan fingerprint density at radius 2 is 2.04 bits per heavy atom. The molecule has 5 nitrogen and oxygen atoms in total. The second-order valence-electron chi connectivity index (χ2n) is 6.69. The van der Waals surface area contributed by atoms with Gasteiger partial charge in [-0.25, -0.2) is 4.79 Å². The van der Waals surface area contributed by atoms with Crippen LogP contribution in [0.3, 0.4) is 0 Å². The van der Waals surface area contributed by atoms with E-state index in [1.165, 1.54) is 32.1 Å². The molecule has 0 aromatic heterocycles. The molecule has 1 saturated carbocycles. The van der Waals surface area contributed by atoms with E-state index in [4.69, 9.17) is 0 Å². The third kappa shape index (κ3) is 5.45. The van der Waals surface area contributed by atoms with Crippen molar-refractivity contribution in [2.24, 2.45) is 22.0 Å². The Kier molecular flexibility index (Phi) is 7.45. The van der Waals surface area contributed by atoms with E-state index < -0.39 is 5.97 Å². The van der Waals surface area contributed by atoms with Gasteiger partial charge >= 0.3 is 5.97 Å². The van der Waals surface area contributed by atoms with Crippen LogP contribution in [0.1, 0.15) is 52.4 Å². The van der Waals surface area contributed by atoms with Crippen LogP contribution in [-0.2, 0) is 9.53 Å². The van der Waals surface area contributed by atoms with Crippen molar-refractivity contribution < 1.29 is 13.9 Å². The van der Waals surface area contributed by atoms with E-state index in [-0.39, 0.29) is 12.5 Å². The first-order valence-electron chi connectivity index (χ1n) is 8.76. The van der Waals surface area contributed by atoms with E-state index in [1.54, 1.807) is 6.11 Å². The Morgan fingerprint density at radius 1 is 1.33 bits per heavy atom. The third-order valence-electron chi connectivity index (χ3n) is 4.88. The van der Waals surface area contributed by atoms with Crippen molar-refractivity contribution in [3.63, 3.8) is 0 Å². The van der Waals surface area contributed by atoms with Gasteiger partial charge in [-0.05, 0) is 31.6 Å². The predicted molar refractivity (Wildman–Crippen MR) is 94.8 cm³/mol. The minimum Gasteiger partial charge on any atom is -0.368 e. The summed E-state index contributed by atoms with van der Waals surface area (Å²) in [7, 11) is 0.750. The number of ether oxygens (including phenoxy) is 1. The number of hydrogen-bond donors (Lipinski definition) is 1. The molecule has 3 atom stereocenters. The molecule has 130 valence electrons. The molecular formula is C17H25BFN3O2. The molecule has 1 aliphatic carbocycles. The van der Waals surface area contributed by atoms with E-state index >= 15 is 0 Å². The second-order valence-corrected chi connectivity index (χ2v) is 6.69. The first-order chi connectivity index (χ1) is 11.6. The van der Waals surface area contributed by atoms with E-state index in [0.29, 0.717) is 11.8 Å². The van der Waals surface area contributed by atoms with Gasteiger partial charge in [0.15, 0.2) is 13.4 Å². The number of nitrogens with one attached hydrogen (secondary N) is 1. The molecule has 0 saturated heterocycles. The van der Waals surface area contributed by atoms with Crippen molar-refractivity contribution >= 4 is 24.6 Å². The topological polar surface area (TPSA) is 63.0 Å². The molecule has 0 bridgehead atoms. The van der Waals surface area contributed by atoms with Crippen LogP contribution in [0, 0.1) is 24.1 Å². The van der Waals surface area contributed by atoms with E-state index in [1.807, 2.05) is 6.92 Å². The Balaban J connectivity index is 1.91. The Bertz CT molecular complexity index is 568. The van der Waals surface area contributed by atoms with Crippen LogP contribution in [0.25, 0.3) is 0 Å². The zero-order valence-corrected chi connectivity index (χ0v) is 14.5. The summed E-state index contributed by atoms with van der Waals surface area (Å²) in [5.41, 5.74) is 2.28. The third-order valence-corrected chi connectivity index (χ3v) is 4.88. The van der Waals surface area contributed by atoms with E-state index in [0.717, 1.165) is 31.2 Å². The average molecular weight is 333 g/mol. The van der Waals surface area contributed by atoms with Gasteiger partial charge in [-0.3, -0.25) is 0 Å². The van der Waals surface area contributed by atoms with Crippen LogP contribution >= 0.6 is 0 Å². The van der Waals surface area contributed by atoms with Crippen LogP contribution in [0.15, 0.2) is 10.2 Å². The molecular weight excluding hydrogens is 308 g/mol. The SMILES string of the molecule is CC1=NN=C(BC(C)NCC(=O)OC#CF)C2CCCCCCC12. The summed E-state index contributed by atoms with van der Waals surface area (Å²) >= 11 is 0. The summed E-state index contributed by atoms with van der Waals surface area (Å²) < 4.78 is 16.0. The number of esters is 1. The fraction of sp³-hybridized carbons (Fsp3) is 0.706. The standard InChI is InChI=1S/C17H25BFN3O2/c1-12-14-7-5-3-4-6-8-15(14)17(22-21-12)18-13(2)20-11-16(23)24-10-9-19/h13-15,18,20H,3-8,11H2,1-2H3. The highest BCUT2D eigenvalue weighted by atomic mass is 19.1. The maximum absolute atomic E-state index is 11.6. The van der Waals surface area contributed by atoms with Crippen LogP contribution in [0.2, 0.25) is 0 Å². The maximum atomic E-state index is 11.6. The van der Waals surface area contributed by atoms with Crippen LogP contribution in [0.4, 0.5) is 4.39 Å². The van der Waals surface area contributed by atoms with Gasteiger partial charge in [0, 0.05) is 17.2 Å². The van der Waals surface area contributed by atoms with Crippen molar-refractivity contribution in [1.29, 1.82) is 0 Å². The molecule has 1 aliphatic heterocycles. The van der Waals surface area contributed by atoms with Gasteiger partial charge in [-0.15, -0.1) is 4.39 Å². The summed E-state index contributed by atoms with van der Waals surface area (Å²) in [5, 5.41) is 11.9. The molecule has 3 unspecified atom stereocenters. The van der Waals surface area contributed by atoms with Crippen LogP contribution in [-0.4, -0.2) is 37.1 Å². The number of halogens is 1. The molecule has 1 heterocycles. The lowest BCUT2D eigenvalue weighted by Gasteiger charge is -2.33. The molecule has 1 N–H and O–H groups in total. The largest absolute Gasteiger partial charge is 0.368 e. The lowest BCUT2D eigenvalue weighted by molar-refractivity contribution is -0.135. The molecule has 0 aromatic rings. The zero-order chi connectivity index (χ0) is 17.4. The first-order valence-corrected chi connectivity index (χ1v) is 8.76. The van der Waals surface area contributed by atoms with Crippen LogP contribution in [0.5, 0.6) is 0 Å². The minimum atomic E-state index is -0.588. The van der Waals surface area contributed by atoms with Crippen LogP contribution < -0.4 is 5.32 Å². The number of carbonyl (C=O) groups is 1. The van der Waals surface area contributed by atoms with E-state index in [2.05, 4.69) is 27.2 Å². The van der Waals surface area contributed by atoms with Gasteiger partial charge in [-0.1, -0.05) is 32.6 Å². The highest BCUT2D eigenvalue weighted by molar-refractivity contribution is 6.77. The fourth-order valence-corrected chi connectivity index (χ4v) is 3.62. The van der Waals surface area contributed by atoms with Crippen molar-refractivity contribution in [3.8, 4) is 12.3 Å². The second kappa shape index (κ2) is 9.58. The number of carbonyl (C=O) groups excluding carboxylic acids is 1. The minimum absolute atomic E-state index is 0.000479. The Labute approximate surface area is 143 Å². The first kappa shape index (κ1) is 18.7. The number of rotatable bonds is 5. The van der Waals surface area contributed by atoms with Crippen molar-refractivity contribution in [2.45, 2.75) is 58.3 Å². The number of fused-ring (bicyclic) bond motifs is 1. The van der Waals surface area contributed by atoms with Gasteiger partial charge < -0.3 is 10.1 Å². The van der Waals surface area contributed by atoms with Gasteiger partial charge in [0.25, 0.3) is 0 Å². The monoisotopic (exact) mass is 333 g/mol. The van der Waals surface area contributed by atoms with Gasteiger partial charge in [0.1, 0.15) is 6.17 Å². The summed E-state index contributed by atoms with van der Waals surface area (Å²) in [6, 6.07) is 0. The molecule has 2 aliphatic rings. The number of nitrogens with zero attached hydrogens (tertiary/aromatic N) is 2. The molecule has 1 fully saturated rings. The van der Waals surface area contributed by atoms with Crippen molar-refractivity contribution in [1.82, 2.24) is 5.32 Å². The molecule has 0 aromatic carbocycles. The fourth-order valence-electron chi connectivity index (χ4n) is 3.62. The smallest absolute Gasteiger partial charge is 0.333 e. The molecule has 7 heteroatoms. The van der Waals surface area contributed by atoms with Crippen molar-refractivity contribution in [3.05, 3.63) is 0 Å². The van der Waals surface area contributed by atoms with Gasteiger partial charge in [0.2, 0.25) is 0 Å². The lowest BCUT2D eigenvalue weighted by Crippen LogP contribution is -2.44. The Hall–Kier alpha value is -1.68. The quantitative estimate of drug-likeness (QED) is 0.476. The summed E-state index contributed by atoms with van der Waals surface area (Å²) in [6.07, 6.45) is 10.2. The molecule has 0 amide bonds. The zero-order valence-electron chi connectivity index (χ0n) is 14.5. The van der Waals surface area contributed by atoms with E-state index in [9.17, 15) is 9.18 Å². The Morgan fingerprint density at radius 3 is 2.75 bits per heavy atom. The summed E-state index contributed by atoms with van der Waals surface area (Å²) in [6.45, 7) is 4.09. The number of hydrogen-bond acceptors (Lipinski definition) is 5. The highest BCUT2D eigenvalue weighted by Gasteiger charge is 2.32. The predicted octanol–water partition coefficient (Wildman–Crippen LogP) is 2.16. The average Bonchev–Trinajstić information content (AvgIpc) is 2.54. The highest BCUT2D eigenvalue weighted by Crippen LogP contribution is 2.32. The molecule has 24 heavy (non-hydrogen) atoms. The molecule has 0 spiro atoms. The molecule has 2 rings (SSSR count). The van der Waals surface area contributed by atoms with Gasteiger partial charge in [-0.2, -0.15) is 10.2 Å². The molecule has 0 radical (unpaired) electrons. The maximum Gasteiger partial charge on any atom is 0.333 e. The summed E-state index contributed by atoms with van der Waals surface area (Å²) in [4.78, 5) is 11.3.